The van der Waals surface area contributed by atoms with Crippen molar-refractivity contribution in [2.75, 3.05) is 27.3 Å². The summed E-state index contributed by atoms with van der Waals surface area (Å²) >= 11 is 0. The van der Waals surface area contributed by atoms with E-state index in [1.54, 1.807) is 32.4 Å². The van der Waals surface area contributed by atoms with E-state index in [2.05, 4.69) is 16.2 Å². The van der Waals surface area contributed by atoms with Crippen LogP contribution in [0.15, 0.2) is 42.7 Å². The zero-order chi connectivity index (χ0) is 18.8. The second-order valence-corrected chi connectivity index (χ2v) is 6.78. The van der Waals surface area contributed by atoms with Gasteiger partial charge < -0.3 is 19.4 Å². The Balaban J connectivity index is 1.47. The summed E-state index contributed by atoms with van der Waals surface area (Å²) in [5.41, 5.74) is 3.99. The quantitative estimate of drug-likeness (QED) is 0.767. The lowest BCUT2D eigenvalue weighted by Crippen LogP contribution is -2.37. The van der Waals surface area contributed by atoms with Crippen molar-refractivity contribution < 1.29 is 14.3 Å². The maximum absolute atomic E-state index is 12.9. The highest BCUT2D eigenvalue weighted by molar-refractivity contribution is 5.95. The topological polar surface area (TPSA) is 67.5 Å². The average molecular weight is 365 g/mol. The number of H-pyrrole nitrogens is 1. The standard InChI is InChI=1S/C21H23N3O3/c1-26-18-6-5-15(12-19(18)27-2)21(25)24-10-7-14(8-11-24)16-13-23-17-4-3-9-22-20(16)17/h3-6,9,12-14,23H,7-8,10-11H2,1-2H3. The van der Waals surface area contributed by atoms with Gasteiger partial charge in [0.15, 0.2) is 11.5 Å². The Morgan fingerprint density at radius 3 is 2.67 bits per heavy atom. The van der Waals surface area contributed by atoms with E-state index in [1.807, 2.05) is 23.2 Å². The number of fused-ring (bicyclic) bond motifs is 1. The molecule has 3 heterocycles. The lowest BCUT2D eigenvalue weighted by molar-refractivity contribution is 0.0713. The van der Waals surface area contributed by atoms with E-state index in [9.17, 15) is 4.79 Å². The van der Waals surface area contributed by atoms with Crippen LogP contribution in [0.3, 0.4) is 0 Å². The van der Waals surface area contributed by atoms with Crippen molar-refractivity contribution in [2.24, 2.45) is 0 Å². The molecule has 0 spiro atoms. The van der Waals surface area contributed by atoms with Gasteiger partial charge in [-0.3, -0.25) is 9.78 Å². The normalized spacial score (nSPS) is 15.1. The number of pyridine rings is 1. The summed E-state index contributed by atoms with van der Waals surface area (Å²) in [5, 5.41) is 0. The predicted molar refractivity (Wildman–Crippen MR) is 104 cm³/mol. The van der Waals surface area contributed by atoms with Gasteiger partial charge in [0.05, 0.1) is 25.3 Å². The Hall–Kier alpha value is -3.02. The maximum Gasteiger partial charge on any atom is 0.253 e. The van der Waals surface area contributed by atoms with E-state index in [0.29, 0.717) is 23.0 Å². The SMILES string of the molecule is COc1ccc(C(=O)N2CCC(c3c[nH]c4cccnc34)CC2)cc1OC. The number of piperidine rings is 1. The maximum atomic E-state index is 12.9. The van der Waals surface area contributed by atoms with E-state index in [0.717, 1.165) is 37.0 Å². The van der Waals surface area contributed by atoms with E-state index >= 15 is 0 Å². The Morgan fingerprint density at radius 1 is 1.15 bits per heavy atom. The van der Waals surface area contributed by atoms with Gasteiger partial charge in [-0.25, -0.2) is 0 Å². The number of carbonyl (C=O) groups is 1. The molecular formula is C21H23N3O3. The first kappa shape index (κ1) is 17.4. The van der Waals surface area contributed by atoms with E-state index < -0.39 is 0 Å². The molecule has 1 aliphatic heterocycles. The lowest BCUT2D eigenvalue weighted by Gasteiger charge is -2.32. The molecule has 1 aromatic carbocycles. The van der Waals surface area contributed by atoms with E-state index in [1.165, 1.54) is 5.56 Å². The lowest BCUT2D eigenvalue weighted by atomic mass is 9.90. The minimum Gasteiger partial charge on any atom is -0.493 e. The van der Waals surface area contributed by atoms with Gasteiger partial charge in [-0.05, 0) is 54.7 Å². The number of hydrogen-bond acceptors (Lipinski definition) is 4. The third kappa shape index (κ3) is 3.23. The van der Waals surface area contributed by atoms with Crippen LogP contribution in [0.5, 0.6) is 11.5 Å². The smallest absolute Gasteiger partial charge is 0.253 e. The van der Waals surface area contributed by atoms with Crippen LogP contribution >= 0.6 is 0 Å². The fourth-order valence-electron chi connectivity index (χ4n) is 3.83. The molecule has 3 aromatic rings. The first-order valence-corrected chi connectivity index (χ1v) is 9.14. The van der Waals surface area contributed by atoms with Crippen molar-refractivity contribution in [1.29, 1.82) is 0 Å². The number of nitrogens with zero attached hydrogens (tertiary/aromatic N) is 2. The number of amides is 1. The van der Waals surface area contributed by atoms with Gasteiger partial charge in [0.1, 0.15) is 0 Å². The molecule has 1 fully saturated rings. The van der Waals surface area contributed by atoms with Gasteiger partial charge in [0.2, 0.25) is 0 Å². The van der Waals surface area contributed by atoms with Crippen molar-refractivity contribution in [1.82, 2.24) is 14.9 Å². The fourth-order valence-corrected chi connectivity index (χ4v) is 3.83. The second kappa shape index (κ2) is 7.31. The molecule has 1 N–H and O–H groups in total. The third-order valence-corrected chi connectivity index (χ3v) is 5.32. The van der Waals surface area contributed by atoms with Crippen LogP contribution in [0.25, 0.3) is 11.0 Å². The molecule has 2 aromatic heterocycles. The molecule has 0 bridgehead atoms. The molecule has 0 unspecified atom stereocenters. The van der Waals surface area contributed by atoms with Crippen LogP contribution in [0.4, 0.5) is 0 Å². The number of ether oxygens (including phenoxy) is 2. The van der Waals surface area contributed by atoms with Gasteiger partial charge in [-0.15, -0.1) is 0 Å². The number of aromatic nitrogens is 2. The summed E-state index contributed by atoms with van der Waals surface area (Å²) in [7, 11) is 3.16. The van der Waals surface area contributed by atoms with Crippen LogP contribution in [0.1, 0.15) is 34.7 Å². The van der Waals surface area contributed by atoms with E-state index in [4.69, 9.17) is 9.47 Å². The number of rotatable bonds is 4. The summed E-state index contributed by atoms with van der Waals surface area (Å²) in [6, 6.07) is 9.29. The number of nitrogens with one attached hydrogen (secondary N) is 1. The summed E-state index contributed by atoms with van der Waals surface area (Å²) in [6.07, 6.45) is 5.76. The molecule has 0 radical (unpaired) electrons. The Bertz CT molecular complexity index is 958. The molecule has 6 heteroatoms. The number of benzene rings is 1. The molecule has 140 valence electrons. The van der Waals surface area contributed by atoms with Crippen LogP contribution in [0, 0.1) is 0 Å². The average Bonchev–Trinajstić information content (AvgIpc) is 3.17. The summed E-state index contributed by atoms with van der Waals surface area (Å²) in [4.78, 5) is 22.6. The Kier molecular flexibility index (Phi) is 4.71. The van der Waals surface area contributed by atoms with Crippen LogP contribution in [-0.2, 0) is 0 Å². The van der Waals surface area contributed by atoms with Crippen molar-refractivity contribution in [3.8, 4) is 11.5 Å². The van der Waals surface area contributed by atoms with Crippen molar-refractivity contribution in [2.45, 2.75) is 18.8 Å². The van der Waals surface area contributed by atoms with E-state index in [-0.39, 0.29) is 5.91 Å². The molecule has 0 aliphatic carbocycles. The van der Waals surface area contributed by atoms with Crippen LogP contribution in [-0.4, -0.2) is 48.1 Å². The molecule has 4 rings (SSSR count). The highest BCUT2D eigenvalue weighted by atomic mass is 16.5. The monoisotopic (exact) mass is 365 g/mol. The summed E-state index contributed by atoms with van der Waals surface area (Å²) in [6.45, 7) is 1.47. The largest absolute Gasteiger partial charge is 0.493 e. The number of methoxy groups -OCH3 is 2. The molecule has 27 heavy (non-hydrogen) atoms. The molecule has 1 amide bonds. The minimum atomic E-state index is 0.0338. The predicted octanol–water partition coefficient (Wildman–Crippen LogP) is 3.60. The van der Waals surface area contributed by atoms with Gasteiger partial charge in [-0.1, -0.05) is 0 Å². The molecule has 0 saturated carbocycles. The van der Waals surface area contributed by atoms with Crippen molar-refractivity contribution >= 4 is 16.9 Å². The number of hydrogen-bond donors (Lipinski definition) is 1. The first-order valence-electron chi connectivity index (χ1n) is 9.14. The van der Waals surface area contributed by atoms with Crippen molar-refractivity contribution in [3.63, 3.8) is 0 Å². The zero-order valence-electron chi connectivity index (χ0n) is 15.6. The summed E-state index contributed by atoms with van der Waals surface area (Å²) in [5.74, 6) is 1.65. The Labute approximate surface area is 158 Å². The zero-order valence-corrected chi connectivity index (χ0v) is 15.6. The molecule has 1 aliphatic rings. The fraction of sp³-hybridized carbons (Fsp3) is 0.333. The highest BCUT2D eigenvalue weighted by Gasteiger charge is 2.26. The number of carbonyl (C=O) groups excluding carboxylic acids is 1. The number of aromatic amines is 1. The van der Waals surface area contributed by atoms with Gasteiger partial charge >= 0.3 is 0 Å². The minimum absolute atomic E-state index is 0.0338. The molecular weight excluding hydrogens is 342 g/mol. The molecule has 6 nitrogen and oxygen atoms in total. The molecule has 1 saturated heterocycles. The third-order valence-electron chi connectivity index (χ3n) is 5.32. The van der Waals surface area contributed by atoms with Crippen molar-refractivity contribution in [3.05, 3.63) is 53.9 Å². The summed E-state index contributed by atoms with van der Waals surface area (Å²) < 4.78 is 10.6. The number of likely N-dealkylation sites (tertiary alicyclic amines) is 1. The first-order chi connectivity index (χ1) is 13.2. The van der Waals surface area contributed by atoms with Gasteiger partial charge in [0, 0.05) is 31.0 Å². The second-order valence-electron chi connectivity index (χ2n) is 6.78. The van der Waals surface area contributed by atoms with Crippen LogP contribution in [0.2, 0.25) is 0 Å². The van der Waals surface area contributed by atoms with Gasteiger partial charge in [-0.2, -0.15) is 0 Å². The highest BCUT2D eigenvalue weighted by Crippen LogP contribution is 2.33. The molecule has 0 atom stereocenters. The van der Waals surface area contributed by atoms with Gasteiger partial charge in [0.25, 0.3) is 5.91 Å². The Morgan fingerprint density at radius 2 is 1.93 bits per heavy atom. The van der Waals surface area contributed by atoms with Crippen LogP contribution < -0.4 is 9.47 Å².